The smallest absolute Gasteiger partial charge is 0.148 e. The minimum absolute atomic E-state index is 0.261. The van der Waals surface area contributed by atoms with E-state index in [9.17, 15) is 0 Å². The largest absolute Gasteiger partial charge is 0.481 e. The minimum Gasteiger partial charge on any atom is -0.481 e. The summed E-state index contributed by atoms with van der Waals surface area (Å²) in [5.74, 6) is 3.10. The summed E-state index contributed by atoms with van der Waals surface area (Å²) < 4.78 is 5.22. The molecule has 12 heavy (non-hydrogen) atoms. The second-order valence-corrected chi connectivity index (χ2v) is 2.18. The van der Waals surface area contributed by atoms with E-state index in [0.29, 0.717) is 12.3 Å². The Balaban J connectivity index is 2.76. The van der Waals surface area contributed by atoms with E-state index in [2.05, 4.69) is 10.9 Å². The van der Waals surface area contributed by atoms with Crippen molar-refractivity contribution in [3.63, 3.8) is 0 Å². The van der Waals surface area contributed by atoms with Crippen LogP contribution in [0.2, 0.25) is 0 Å². The maximum Gasteiger partial charge on any atom is 0.148 e. The second kappa shape index (κ2) is 4.37. The third-order valence-electron chi connectivity index (χ3n) is 1.39. The zero-order chi connectivity index (χ0) is 8.81. The van der Waals surface area contributed by atoms with Crippen LogP contribution < -0.4 is 10.5 Å². The SMILES string of the molecule is C#CCOc1ccncc1CN. The van der Waals surface area contributed by atoms with E-state index in [4.69, 9.17) is 16.9 Å². The number of rotatable bonds is 3. The van der Waals surface area contributed by atoms with Gasteiger partial charge in [-0.25, -0.2) is 0 Å². The molecule has 2 N–H and O–H groups in total. The fourth-order valence-electron chi connectivity index (χ4n) is 0.828. The molecule has 1 heterocycles. The van der Waals surface area contributed by atoms with Crippen molar-refractivity contribution < 1.29 is 4.74 Å². The Bertz CT molecular complexity index is 291. The van der Waals surface area contributed by atoms with Crippen molar-refractivity contribution in [2.45, 2.75) is 6.54 Å². The van der Waals surface area contributed by atoms with E-state index >= 15 is 0 Å². The molecular formula is C9H10N2O. The highest BCUT2D eigenvalue weighted by Gasteiger charge is 1.99. The molecule has 0 saturated carbocycles. The van der Waals surface area contributed by atoms with Crippen molar-refractivity contribution in [3.05, 3.63) is 24.0 Å². The normalized spacial score (nSPS) is 9.00. The summed E-state index contributed by atoms with van der Waals surface area (Å²) in [4.78, 5) is 3.91. The molecule has 0 fully saturated rings. The number of nitrogens with zero attached hydrogens (tertiary/aromatic N) is 1. The molecule has 0 radical (unpaired) electrons. The van der Waals surface area contributed by atoms with Gasteiger partial charge in [0.1, 0.15) is 12.4 Å². The fourth-order valence-corrected chi connectivity index (χ4v) is 0.828. The van der Waals surface area contributed by atoms with Crippen LogP contribution in [0.1, 0.15) is 5.56 Å². The molecule has 0 saturated heterocycles. The first kappa shape index (κ1) is 8.57. The molecule has 0 atom stereocenters. The average molecular weight is 162 g/mol. The lowest BCUT2D eigenvalue weighted by Gasteiger charge is -2.05. The third kappa shape index (κ3) is 1.97. The molecule has 0 aliphatic heterocycles. The fraction of sp³-hybridized carbons (Fsp3) is 0.222. The van der Waals surface area contributed by atoms with Crippen molar-refractivity contribution in [2.24, 2.45) is 5.73 Å². The topological polar surface area (TPSA) is 48.1 Å². The Morgan fingerprint density at radius 1 is 1.67 bits per heavy atom. The Labute approximate surface area is 71.6 Å². The van der Waals surface area contributed by atoms with Crippen LogP contribution in [0.4, 0.5) is 0 Å². The molecule has 0 unspecified atom stereocenters. The highest BCUT2D eigenvalue weighted by Crippen LogP contribution is 2.14. The number of aromatic nitrogens is 1. The summed E-state index contributed by atoms with van der Waals surface area (Å²) in [7, 11) is 0. The van der Waals surface area contributed by atoms with E-state index < -0.39 is 0 Å². The predicted molar refractivity (Wildman–Crippen MR) is 46.5 cm³/mol. The molecule has 0 amide bonds. The van der Waals surface area contributed by atoms with E-state index in [1.807, 2.05) is 0 Å². The Hall–Kier alpha value is -1.53. The number of nitrogens with two attached hydrogens (primary N) is 1. The minimum atomic E-state index is 0.261. The van der Waals surface area contributed by atoms with E-state index in [0.717, 1.165) is 5.56 Å². The number of hydrogen-bond acceptors (Lipinski definition) is 3. The number of terminal acetylenes is 1. The van der Waals surface area contributed by atoms with Gasteiger partial charge in [0.25, 0.3) is 0 Å². The van der Waals surface area contributed by atoms with Gasteiger partial charge in [0.05, 0.1) is 0 Å². The van der Waals surface area contributed by atoms with Crippen molar-refractivity contribution in [2.75, 3.05) is 6.61 Å². The number of pyridine rings is 1. The molecule has 3 heteroatoms. The highest BCUT2D eigenvalue weighted by atomic mass is 16.5. The summed E-state index contributed by atoms with van der Waals surface area (Å²) in [6.45, 7) is 0.671. The van der Waals surface area contributed by atoms with E-state index in [1.165, 1.54) is 0 Å². The molecule has 62 valence electrons. The van der Waals surface area contributed by atoms with Gasteiger partial charge in [0.2, 0.25) is 0 Å². The standard InChI is InChI=1S/C9H10N2O/c1-2-5-12-9-3-4-11-7-8(9)6-10/h1,3-4,7H,5-6,10H2. The van der Waals surface area contributed by atoms with Crippen LogP contribution in [-0.4, -0.2) is 11.6 Å². The summed E-state index contributed by atoms with van der Waals surface area (Å²) in [6.07, 6.45) is 8.36. The molecule has 0 aliphatic carbocycles. The summed E-state index contributed by atoms with van der Waals surface area (Å²) in [6, 6.07) is 1.75. The van der Waals surface area contributed by atoms with Gasteiger partial charge < -0.3 is 10.5 Å². The molecule has 1 aromatic heterocycles. The van der Waals surface area contributed by atoms with Crippen molar-refractivity contribution in [1.29, 1.82) is 0 Å². The van der Waals surface area contributed by atoms with Crippen molar-refractivity contribution in [3.8, 4) is 18.1 Å². The molecule has 0 spiro atoms. The summed E-state index contributed by atoms with van der Waals surface area (Å²) in [5, 5.41) is 0. The number of ether oxygens (including phenoxy) is 1. The first-order chi connectivity index (χ1) is 5.88. The zero-order valence-corrected chi connectivity index (χ0v) is 6.66. The lowest BCUT2D eigenvalue weighted by atomic mass is 10.2. The van der Waals surface area contributed by atoms with Gasteiger partial charge in [-0.2, -0.15) is 0 Å². The van der Waals surface area contributed by atoms with Gasteiger partial charge in [0, 0.05) is 24.5 Å². The lowest BCUT2D eigenvalue weighted by molar-refractivity contribution is 0.365. The monoisotopic (exact) mass is 162 g/mol. The van der Waals surface area contributed by atoms with Gasteiger partial charge in [0.15, 0.2) is 0 Å². The number of hydrogen-bond donors (Lipinski definition) is 1. The molecule has 0 bridgehead atoms. The van der Waals surface area contributed by atoms with Crippen molar-refractivity contribution >= 4 is 0 Å². The molecule has 0 aliphatic rings. The molecule has 1 aromatic rings. The van der Waals surface area contributed by atoms with Gasteiger partial charge in [-0.05, 0) is 6.07 Å². The van der Waals surface area contributed by atoms with Crippen LogP contribution in [0, 0.1) is 12.3 Å². The first-order valence-electron chi connectivity index (χ1n) is 3.57. The molecule has 1 rings (SSSR count). The van der Waals surface area contributed by atoms with Crippen LogP contribution in [0.15, 0.2) is 18.5 Å². The molecule has 3 nitrogen and oxygen atoms in total. The molecule has 0 aromatic carbocycles. The van der Waals surface area contributed by atoms with Crippen LogP contribution >= 0.6 is 0 Å². The summed E-state index contributed by atoms with van der Waals surface area (Å²) >= 11 is 0. The van der Waals surface area contributed by atoms with Crippen LogP contribution in [0.25, 0.3) is 0 Å². The Morgan fingerprint density at radius 2 is 2.50 bits per heavy atom. The predicted octanol–water partition coefficient (Wildman–Crippen LogP) is 0.552. The van der Waals surface area contributed by atoms with E-state index in [-0.39, 0.29) is 6.61 Å². The first-order valence-corrected chi connectivity index (χ1v) is 3.57. The summed E-state index contributed by atoms with van der Waals surface area (Å²) in [5.41, 5.74) is 6.32. The lowest BCUT2D eigenvalue weighted by Crippen LogP contribution is -2.02. The maximum absolute atomic E-state index is 5.45. The van der Waals surface area contributed by atoms with E-state index in [1.54, 1.807) is 18.5 Å². The van der Waals surface area contributed by atoms with Crippen LogP contribution in [-0.2, 0) is 6.54 Å². The van der Waals surface area contributed by atoms with Gasteiger partial charge in [-0.15, -0.1) is 6.42 Å². The zero-order valence-electron chi connectivity index (χ0n) is 6.66. The maximum atomic E-state index is 5.45. The quantitative estimate of drug-likeness (QED) is 0.660. The van der Waals surface area contributed by atoms with Gasteiger partial charge in [-0.3, -0.25) is 4.98 Å². The van der Waals surface area contributed by atoms with Crippen molar-refractivity contribution in [1.82, 2.24) is 4.98 Å². The average Bonchev–Trinajstić information content (AvgIpc) is 2.15. The Kier molecular flexibility index (Phi) is 3.12. The third-order valence-corrected chi connectivity index (χ3v) is 1.39. The highest BCUT2D eigenvalue weighted by molar-refractivity contribution is 5.30. The van der Waals surface area contributed by atoms with Crippen LogP contribution in [0.5, 0.6) is 5.75 Å². The van der Waals surface area contributed by atoms with Gasteiger partial charge >= 0.3 is 0 Å². The Morgan fingerprint density at radius 3 is 3.17 bits per heavy atom. The van der Waals surface area contributed by atoms with Crippen LogP contribution in [0.3, 0.4) is 0 Å². The molecular weight excluding hydrogens is 152 g/mol. The second-order valence-electron chi connectivity index (χ2n) is 2.18. The van der Waals surface area contributed by atoms with Gasteiger partial charge in [-0.1, -0.05) is 5.92 Å².